The first-order valence-corrected chi connectivity index (χ1v) is 0. The summed E-state index contributed by atoms with van der Waals surface area (Å²) in [6, 6.07) is 0. The summed E-state index contributed by atoms with van der Waals surface area (Å²) in [7, 11) is 0. The molecule has 19 valence electrons. The Bertz CT molecular complexity index is 8.00. The van der Waals surface area contributed by atoms with Gasteiger partial charge in [-0.25, -0.2) is 0 Å². The van der Waals surface area contributed by atoms with Crippen molar-refractivity contribution in [1.82, 2.24) is 0 Å². The zero-order chi connectivity index (χ0) is 0. The van der Waals surface area contributed by atoms with E-state index < -0.39 is 0 Å². The second-order valence-electron chi connectivity index (χ2n) is 0. The minimum Gasteiger partial charge on any atom is 0 e. The maximum atomic E-state index is 0. The maximum Gasteiger partial charge on any atom is 0 e. The zero-order valence-corrected chi connectivity index (χ0v) is 15.5. The zero-order valence-electron chi connectivity index (χ0n) is 2.22. The van der Waals surface area contributed by atoms with Crippen LogP contribution in [0.15, 0.2) is 0 Å². The van der Waals surface area contributed by atoms with Crippen molar-refractivity contribution in [3.8, 4) is 0 Å². The van der Waals surface area contributed by atoms with Gasteiger partial charge in [0.05, 0.1) is 0 Å². The van der Waals surface area contributed by atoms with Gasteiger partial charge in [-0.3, -0.25) is 0 Å². The predicted octanol–water partition coefficient (Wildman–Crippen LogP) is -0.388. The number of rotatable bonds is 0. The fourth-order valence-corrected chi connectivity index (χ4v) is 0. The summed E-state index contributed by atoms with van der Waals surface area (Å²) >= 11 is 0. The fraction of sp³-hybridized carbons (Fsp3) is 0. The van der Waals surface area contributed by atoms with Crippen LogP contribution in [0.3, 0.4) is 0 Å². The smallest absolute Gasteiger partial charge is 0 e. The molecule has 0 aromatic carbocycles. The molecule has 0 unspecified atom stereocenters. The van der Waals surface area contributed by atoms with E-state index in [0.29, 0.717) is 0 Å². The van der Waals surface area contributed by atoms with Crippen molar-refractivity contribution in [2.45, 2.75) is 0 Å². The van der Waals surface area contributed by atoms with Crippen LogP contribution >= 0.6 is 0 Å². The van der Waals surface area contributed by atoms with E-state index in [0.717, 1.165) is 0 Å². The molecule has 0 N–H and O–H groups in total. The van der Waals surface area contributed by atoms with E-state index in [1.165, 1.54) is 0 Å². The van der Waals surface area contributed by atoms with Crippen LogP contribution in [0.5, 0.6) is 0 Å². The fourth-order valence-electron chi connectivity index (χ4n) is 0. The van der Waals surface area contributed by atoms with Crippen molar-refractivity contribution in [3.05, 3.63) is 0 Å². The van der Waals surface area contributed by atoms with Crippen LogP contribution in [-0.4, -0.2) is 27.3 Å². The standard InChI is InChI=1S/Cu.Hg.Pb.Zn. The van der Waals surface area contributed by atoms with Crippen LogP contribution in [-0.2, 0) is 64.2 Å². The topological polar surface area (TPSA) is 0 Å². The van der Waals surface area contributed by atoms with Crippen molar-refractivity contribution in [3.63, 3.8) is 0 Å². The van der Waals surface area contributed by atoms with Crippen LogP contribution < -0.4 is 0 Å². The normalized spacial score (nSPS) is 0. The first-order chi connectivity index (χ1) is 0. The molecule has 0 amide bonds. The maximum absolute atomic E-state index is 0. The van der Waals surface area contributed by atoms with Gasteiger partial charge in [0.25, 0.3) is 0 Å². The summed E-state index contributed by atoms with van der Waals surface area (Å²) in [4.78, 5) is 0. The number of hydrogen-bond donors (Lipinski definition) is 0. The molecule has 0 fully saturated rings. The summed E-state index contributed by atoms with van der Waals surface area (Å²) < 4.78 is 0. The molecular formula is CuHgPbZn. The monoisotopic (exact) mass is 537 g/mol. The Morgan fingerprint density at radius 3 is 1.00 bits per heavy atom. The summed E-state index contributed by atoms with van der Waals surface area (Å²) in [5, 5.41) is 0. The Hall–Kier alpha value is 3.00. The van der Waals surface area contributed by atoms with Gasteiger partial charge in [-0.05, 0) is 0 Å². The molecular weight excluding hydrogens is 537 g/mol. The Labute approximate surface area is 89.8 Å². The summed E-state index contributed by atoms with van der Waals surface area (Å²) in [5.74, 6) is 0. The second kappa shape index (κ2) is 16.7. The van der Waals surface area contributed by atoms with E-state index in [-0.39, 0.29) is 91.5 Å². The van der Waals surface area contributed by atoms with Gasteiger partial charge in [0.1, 0.15) is 0 Å². The van der Waals surface area contributed by atoms with E-state index in [9.17, 15) is 0 Å². The molecule has 0 aliphatic rings. The van der Waals surface area contributed by atoms with Gasteiger partial charge in [-0.1, -0.05) is 0 Å². The van der Waals surface area contributed by atoms with E-state index >= 15 is 0 Å². The third-order valence-corrected chi connectivity index (χ3v) is 0. The molecule has 0 aromatic rings. The Kier molecular flexibility index (Phi) is 117. The van der Waals surface area contributed by atoms with Crippen molar-refractivity contribution < 1.29 is 64.2 Å². The van der Waals surface area contributed by atoms with Crippen molar-refractivity contribution >= 4 is 27.3 Å². The minimum absolute atomic E-state index is 0. The summed E-state index contributed by atoms with van der Waals surface area (Å²) in [6.45, 7) is 0. The third kappa shape index (κ3) is 8.89. The SMILES string of the molecule is [Cu].[Hg].[Pb].[Zn]. The number of hydrogen-bond acceptors (Lipinski definition) is 0. The van der Waals surface area contributed by atoms with Crippen LogP contribution in [0, 0.1) is 0 Å². The van der Waals surface area contributed by atoms with Crippen molar-refractivity contribution in [1.29, 1.82) is 0 Å². The van der Waals surface area contributed by atoms with E-state index in [1.54, 1.807) is 0 Å². The van der Waals surface area contributed by atoms with Crippen molar-refractivity contribution in [2.75, 3.05) is 0 Å². The Morgan fingerprint density at radius 2 is 1.00 bits per heavy atom. The molecule has 0 saturated carbocycles. The Balaban J connectivity index is 0. The molecule has 0 spiro atoms. The molecule has 5 radical (unpaired) electrons. The minimum atomic E-state index is 0. The summed E-state index contributed by atoms with van der Waals surface area (Å²) in [5.41, 5.74) is 0. The van der Waals surface area contributed by atoms with Gasteiger partial charge in [-0.2, -0.15) is 0 Å². The van der Waals surface area contributed by atoms with Crippen molar-refractivity contribution in [2.24, 2.45) is 0 Å². The third-order valence-electron chi connectivity index (χ3n) is 0. The molecule has 0 aromatic heterocycles. The largest absolute Gasteiger partial charge is 0 e. The average Bonchev–Trinajstić information content (AvgIpc) is 0. The molecule has 0 aliphatic carbocycles. The molecule has 0 rings (SSSR count). The quantitative estimate of drug-likeness (QED) is 0.370. The van der Waals surface area contributed by atoms with Gasteiger partial charge >= 0.3 is 0 Å². The first-order valence-electron chi connectivity index (χ1n) is 0. The molecule has 0 nitrogen and oxygen atoms in total. The van der Waals surface area contributed by atoms with Gasteiger partial charge in [0, 0.05) is 91.5 Å². The van der Waals surface area contributed by atoms with E-state index in [4.69, 9.17) is 0 Å². The first kappa shape index (κ1) is 28.0. The van der Waals surface area contributed by atoms with Gasteiger partial charge in [0.2, 0.25) is 0 Å². The molecule has 4 heteroatoms. The molecule has 4 heavy (non-hydrogen) atoms. The van der Waals surface area contributed by atoms with Crippen LogP contribution in [0.2, 0.25) is 0 Å². The van der Waals surface area contributed by atoms with E-state index in [2.05, 4.69) is 0 Å². The molecule has 0 aliphatic heterocycles. The van der Waals surface area contributed by atoms with E-state index in [1.807, 2.05) is 0 Å². The molecule has 0 bridgehead atoms. The van der Waals surface area contributed by atoms with Gasteiger partial charge in [-0.15, -0.1) is 0 Å². The second-order valence-corrected chi connectivity index (χ2v) is 0. The summed E-state index contributed by atoms with van der Waals surface area (Å²) in [6.07, 6.45) is 0. The molecule has 0 saturated heterocycles. The molecule has 0 heterocycles. The van der Waals surface area contributed by atoms with Crippen LogP contribution in [0.25, 0.3) is 0 Å². The van der Waals surface area contributed by atoms with Gasteiger partial charge < -0.3 is 0 Å². The van der Waals surface area contributed by atoms with Crippen LogP contribution in [0.1, 0.15) is 0 Å². The van der Waals surface area contributed by atoms with Crippen LogP contribution in [0.4, 0.5) is 0 Å². The Morgan fingerprint density at radius 1 is 1.00 bits per heavy atom. The van der Waals surface area contributed by atoms with Gasteiger partial charge in [0.15, 0.2) is 0 Å². The average molecular weight is 537 g/mol. The predicted molar refractivity (Wildman–Crippen MR) is 5.75 cm³/mol. The molecule has 0 atom stereocenters.